The van der Waals surface area contributed by atoms with E-state index in [0.29, 0.717) is 0 Å². The molecule has 1 heterocycles. The van der Waals surface area contributed by atoms with Crippen molar-refractivity contribution in [3.05, 3.63) is 0 Å². The average molecular weight is 214 g/mol. The Morgan fingerprint density at radius 3 is 2.67 bits per heavy atom. The topological polar surface area (TPSA) is 61.4 Å². The van der Waals surface area contributed by atoms with Crippen LogP contribution in [0.25, 0.3) is 0 Å². The van der Waals surface area contributed by atoms with Crippen LogP contribution >= 0.6 is 0 Å². The fraction of sp³-hybridized carbons (Fsp3) is 0.909. The largest absolute Gasteiger partial charge is 0.391 e. The van der Waals surface area contributed by atoms with Crippen LogP contribution in [0, 0.1) is 0 Å². The smallest absolute Gasteiger partial charge is 0.237 e. The molecular weight excluding hydrogens is 192 g/mol. The van der Waals surface area contributed by atoms with Gasteiger partial charge in [-0.15, -0.1) is 0 Å². The second-order valence-electron chi connectivity index (χ2n) is 4.89. The van der Waals surface area contributed by atoms with Gasteiger partial charge in [-0.25, -0.2) is 0 Å². The molecule has 1 rings (SSSR count). The van der Waals surface area contributed by atoms with Crippen molar-refractivity contribution in [2.45, 2.75) is 57.7 Å². The van der Waals surface area contributed by atoms with Crippen LogP contribution in [0.15, 0.2) is 0 Å². The maximum absolute atomic E-state index is 11.8. The van der Waals surface area contributed by atoms with E-state index in [1.165, 1.54) is 0 Å². The lowest BCUT2D eigenvalue weighted by atomic mass is 9.97. The Hall–Kier alpha value is -0.610. The van der Waals surface area contributed by atoms with Gasteiger partial charge in [0.25, 0.3) is 0 Å². The van der Waals surface area contributed by atoms with Gasteiger partial charge in [0.15, 0.2) is 0 Å². The molecule has 0 aromatic heterocycles. The molecule has 1 aliphatic heterocycles. The maximum Gasteiger partial charge on any atom is 0.237 e. The van der Waals surface area contributed by atoms with Gasteiger partial charge in [-0.05, 0) is 40.2 Å². The first-order valence-electron chi connectivity index (χ1n) is 5.67. The number of nitrogens with one attached hydrogen (secondary N) is 2. The van der Waals surface area contributed by atoms with E-state index in [9.17, 15) is 9.90 Å². The summed E-state index contributed by atoms with van der Waals surface area (Å²) in [5.41, 5.74) is -0.559. The minimum absolute atomic E-state index is 0.000556. The quantitative estimate of drug-likeness (QED) is 0.637. The molecule has 0 aromatic rings. The molecule has 0 aliphatic carbocycles. The lowest BCUT2D eigenvalue weighted by Gasteiger charge is -2.32. The summed E-state index contributed by atoms with van der Waals surface area (Å²) in [6, 6.07) is -0.0863. The van der Waals surface area contributed by atoms with Crippen LogP contribution in [-0.2, 0) is 4.79 Å². The number of aliphatic hydroxyl groups excluding tert-OH is 1. The molecule has 0 radical (unpaired) electrons. The fourth-order valence-corrected chi connectivity index (χ4v) is 1.58. The van der Waals surface area contributed by atoms with Gasteiger partial charge in [-0.3, -0.25) is 4.79 Å². The third-order valence-electron chi connectivity index (χ3n) is 3.12. The van der Waals surface area contributed by atoms with Crippen molar-refractivity contribution in [1.82, 2.24) is 10.6 Å². The Kier molecular flexibility index (Phi) is 4.11. The van der Waals surface area contributed by atoms with E-state index in [-0.39, 0.29) is 11.9 Å². The number of carbonyl (C=O) groups excluding carboxylic acids is 1. The lowest BCUT2D eigenvalue weighted by molar-refractivity contribution is -0.126. The molecule has 1 unspecified atom stereocenters. The Morgan fingerprint density at radius 1 is 1.53 bits per heavy atom. The van der Waals surface area contributed by atoms with Crippen molar-refractivity contribution < 1.29 is 9.90 Å². The van der Waals surface area contributed by atoms with Gasteiger partial charge >= 0.3 is 0 Å². The molecule has 4 heteroatoms. The van der Waals surface area contributed by atoms with Gasteiger partial charge in [-0.1, -0.05) is 6.42 Å². The van der Waals surface area contributed by atoms with E-state index in [0.717, 1.165) is 25.8 Å². The Morgan fingerprint density at radius 2 is 2.20 bits per heavy atom. The van der Waals surface area contributed by atoms with E-state index in [1.54, 1.807) is 6.92 Å². The Labute approximate surface area is 91.4 Å². The van der Waals surface area contributed by atoms with Crippen LogP contribution in [0.3, 0.4) is 0 Å². The maximum atomic E-state index is 11.8. The van der Waals surface area contributed by atoms with Crippen molar-refractivity contribution in [2.24, 2.45) is 0 Å². The summed E-state index contributed by atoms with van der Waals surface area (Å²) >= 11 is 0. The van der Waals surface area contributed by atoms with Crippen LogP contribution in [0.2, 0.25) is 0 Å². The lowest BCUT2D eigenvalue weighted by Crippen LogP contribution is -2.57. The van der Waals surface area contributed by atoms with Crippen molar-refractivity contribution in [3.63, 3.8) is 0 Å². The molecule has 3 N–H and O–H groups in total. The van der Waals surface area contributed by atoms with Gasteiger partial charge < -0.3 is 15.7 Å². The molecule has 88 valence electrons. The standard InChI is InChI=1S/C11H22N2O2/c1-8(14)11(2,3)13-10(15)9-6-4-5-7-12-9/h8-9,12,14H,4-7H2,1-3H3,(H,13,15)/t8?,9-/m0/s1. The number of aliphatic hydroxyl groups is 1. The van der Waals surface area contributed by atoms with E-state index < -0.39 is 11.6 Å². The summed E-state index contributed by atoms with van der Waals surface area (Å²) in [4.78, 5) is 11.8. The van der Waals surface area contributed by atoms with Crippen molar-refractivity contribution in [3.8, 4) is 0 Å². The highest BCUT2D eigenvalue weighted by molar-refractivity contribution is 5.82. The first kappa shape index (κ1) is 12.5. The summed E-state index contributed by atoms with van der Waals surface area (Å²) in [6.45, 7) is 6.26. The second kappa shape index (κ2) is 4.94. The number of hydrogen-bond acceptors (Lipinski definition) is 3. The minimum atomic E-state index is -0.559. The molecule has 15 heavy (non-hydrogen) atoms. The monoisotopic (exact) mass is 214 g/mol. The predicted octanol–water partition coefficient (Wildman–Crippen LogP) is 0.404. The molecule has 0 saturated carbocycles. The third kappa shape index (κ3) is 3.47. The van der Waals surface area contributed by atoms with E-state index in [1.807, 2.05) is 13.8 Å². The van der Waals surface area contributed by atoms with Gasteiger partial charge in [0.1, 0.15) is 0 Å². The van der Waals surface area contributed by atoms with Crippen molar-refractivity contribution >= 4 is 5.91 Å². The molecular formula is C11H22N2O2. The van der Waals surface area contributed by atoms with Crippen LogP contribution in [0.4, 0.5) is 0 Å². The molecule has 0 spiro atoms. The summed E-state index contributed by atoms with van der Waals surface area (Å²) in [7, 11) is 0. The minimum Gasteiger partial charge on any atom is -0.391 e. The van der Waals surface area contributed by atoms with Gasteiger partial charge in [0.05, 0.1) is 17.7 Å². The highest BCUT2D eigenvalue weighted by Gasteiger charge is 2.29. The summed E-state index contributed by atoms with van der Waals surface area (Å²) in [5.74, 6) is 0.000556. The molecule has 1 saturated heterocycles. The van der Waals surface area contributed by atoms with Crippen LogP contribution in [-0.4, -0.2) is 35.2 Å². The molecule has 0 bridgehead atoms. The SMILES string of the molecule is CC(O)C(C)(C)NC(=O)[C@@H]1CCCCN1. The summed E-state index contributed by atoms with van der Waals surface area (Å²) in [6.07, 6.45) is 2.58. The molecule has 1 amide bonds. The highest BCUT2D eigenvalue weighted by Crippen LogP contribution is 2.12. The predicted molar refractivity (Wildman–Crippen MR) is 59.5 cm³/mol. The van der Waals surface area contributed by atoms with E-state index in [2.05, 4.69) is 10.6 Å². The summed E-state index contributed by atoms with van der Waals surface area (Å²) in [5, 5.41) is 15.6. The number of hydrogen-bond donors (Lipinski definition) is 3. The first-order valence-corrected chi connectivity index (χ1v) is 5.67. The Balaban J connectivity index is 2.47. The molecule has 1 aliphatic rings. The number of piperidine rings is 1. The first-order chi connectivity index (χ1) is 6.93. The zero-order valence-electron chi connectivity index (χ0n) is 9.84. The van der Waals surface area contributed by atoms with Crippen LogP contribution in [0.1, 0.15) is 40.0 Å². The molecule has 4 nitrogen and oxygen atoms in total. The fourth-order valence-electron chi connectivity index (χ4n) is 1.58. The highest BCUT2D eigenvalue weighted by atomic mass is 16.3. The zero-order chi connectivity index (χ0) is 11.5. The molecule has 0 aromatic carbocycles. The van der Waals surface area contributed by atoms with Gasteiger partial charge in [-0.2, -0.15) is 0 Å². The normalized spacial score (nSPS) is 24.7. The number of amides is 1. The third-order valence-corrected chi connectivity index (χ3v) is 3.12. The number of rotatable bonds is 3. The van der Waals surface area contributed by atoms with Gasteiger partial charge in [0, 0.05) is 0 Å². The Bertz CT molecular complexity index is 221. The van der Waals surface area contributed by atoms with Crippen molar-refractivity contribution in [2.75, 3.05) is 6.54 Å². The molecule has 1 fully saturated rings. The molecule has 2 atom stereocenters. The van der Waals surface area contributed by atoms with E-state index in [4.69, 9.17) is 0 Å². The van der Waals surface area contributed by atoms with E-state index >= 15 is 0 Å². The van der Waals surface area contributed by atoms with Crippen molar-refractivity contribution in [1.29, 1.82) is 0 Å². The van der Waals surface area contributed by atoms with Gasteiger partial charge in [0.2, 0.25) is 5.91 Å². The zero-order valence-corrected chi connectivity index (χ0v) is 9.84. The average Bonchev–Trinajstić information content (AvgIpc) is 2.18. The summed E-state index contributed by atoms with van der Waals surface area (Å²) < 4.78 is 0. The second-order valence-corrected chi connectivity index (χ2v) is 4.89. The van der Waals surface area contributed by atoms with Crippen LogP contribution < -0.4 is 10.6 Å². The van der Waals surface area contributed by atoms with Crippen LogP contribution in [0.5, 0.6) is 0 Å². The number of carbonyl (C=O) groups is 1.